The number of aliphatic hydroxyl groups is 1. The number of hydrogen-bond donors (Lipinski definition) is 1. The number of aromatic nitrogens is 1. The SMILES string of the molecule is OC1CCCc2cn(CC3CCOc4ccccc43)cc21. The summed E-state index contributed by atoms with van der Waals surface area (Å²) in [5.74, 6) is 1.53. The molecule has 0 radical (unpaired) electrons. The van der Waals surface area contributed by atoms with Crippen LogP contribution in [0.5, 0.6) is 5.75 Å². The van der Waals surface area contributed by atoms with Crippen molar-refractivity contribution in [3.63, 3.8) is 0 Å². The van der Waals surface area contributed by atoms with Gasteiger partial charge in [-0.3, -0.25) is 0 Å². The molecule has 21 heavy (non-hydrogen) atoms. The maximum atomic E-state index is 10.1. The van der Waals surface area contributed by atoms with Crippen LogP contribution in [-0.4, -0.2) is 16.3 Å². The van der Waals surface area contributed by atoms with E-state index in [0.29, 0.717) is 5.92 Å². The van der Waals surface area contributed by atoms with Gasteiger partial charge in [-0.1, -0.05) is 18.2 Å². The fourth-order valence-corrected chi connectivity index (χ4v) is 3.69. The Labute approximate surface area is 125 Å². The van der Waals surface area contributed by atoms with E-state index in [1.165, 1.54) is 11.1 Å². The molecule has 0 saturated heterocycles. The second kappa shape index (κ2) is 5.23. The van der Waals surface area contributed by atoms with Crippen molar-refractivity contribution in [3.05, 3.63) is 53.3 Å². The van der Waals surface area contributed by atoms with E-state index >= 15 is 0 Å². The number of aliphatic hydroxyl groups excluding tert-OH is 1. The number of benzene rings is 1. The molecular formula is C18H21NO2. The number of aryl methyl sites for hydroxylation is 1. The molecule has 2 atom stereocenters. The summed E-state index contributed by atoms with van der Waals surface area (Å²) >= 11 is 0. The van der Waals surface area contributed by atoms with Gasteiger partial charge < -0.3 is 14.4 Å². The summed E-state index contributed by atoms with van der Waals surface area (Å²) in [4.78, 5) is 0. The molecule has 2 aliphatic rings. The summed E-state index contributed by atoms with van der Waals surface area (Å²) < 4.78 is 8.01. The van der Waals surface area contributed by atoms with Crippen LogP contribution in [0.15, 0.2) is 36.7 Å². The fourth-order valence-electron chi connectivity index (χ4n) is 3.69. The fraction of sp³-hybridized carbons (Fsp3) is 0.444. The van der Waals surface area contributed by atoms with Gasteiger partial charge in [-0.25, -0.2) is 0 Å². The Morgan fingerprint density at radius 3 is 2.95 bits per heavy atom. The van der Waals surface area contributed by atoms with E-state index < -0.39 is 0 Å². The predicted octanol–water partition coefficient (Wildman–Crippen LogP) is 3.42. The van der Waals surface area contributed by atoms with E-state index in [2.05, 4.69) is 35.2 Å². The highest BCUT2D eigenvalue weighted by Gasteiger charge is 2.24. The van der Waals surface area contributed by atoms with E-state index in [1.54, 1.807) is 0 Å². The molecule has 1 aliphatic heterocycles. The van der Waals surface area contributed by atoms with Crippen LogP contribution in [0.3, 0.4) is 0 Å². The molecule has 2 aromatic rings. The van der Waals surface area contributed by atoms with Crippen LogP contribution in [0, 0.1) is 0 Å². The Morgan fingerprint density at radius 1 is 1.14 bits per heavy atom. The minimum Gasteiger partial charge on any atom is -0.493 e. The van der Waals surface area contributed by atoms with Gasteiger partial charge in [0, 0.05) is 30.4 Å². The average Bonchev–Trinajstić information content (AvgIpc) is 2.92. The van der Waals surface area contributed by atoms with Crippen molar-refractivity contribution in [2.75, 3.05) is 6.61 Å². The number of hydrogen-bond acceptors (Lipinski definition) is 2. The summed E-state index contributed by atoms with van der Waals surface area (Å²) in [5.41, 5.74) is 3.78. The van der Waals surface area contributed by atoms with Crippen molar-refractivity contribution in [2.45, 2.75) is 44.2 Å². The number of nitrogens with zero attached hydrogens (tertiary/aromatic N) is 1. The van der Waals surface area contributed by atoms with Crippen LogP contribution in [0.1, 0.15) is 48.0 Å². The second-order valence-electron chi connectivity index (χ2n) is 6.22. The molecule has 1 N–H and O–H groups in total. The van der Waals surface area contributed by atoms with Crippen molar-refractivity contribution < 1.29 is 9.84 Å². The molecular weight excluding hydrogens is 262 g/mol. The lowest BCUT2D eigenvalue weighted by molar-refractivity contribution is 0.157. The van der Waals surface area contributed by atoms with Crippen LogP contribution < -0.4 is 4.74 Å². The zero-order chi connectivity index (χ0) is 14.2. The first kappa shape index (κ1) is 13.0. The highest BCUT2D eigenvalue weighted by Crippen LogP contribution is 2.36. The van der Waals surface area contributed by atoms with Gasteiger partial charge in [-0.05, 0) is 42.9 Å². The molecule has 4 rings (SSSR count). The molecule has 1 aromatic heterocycles. The molecule has 0 fully saturated rings. The Balaban J connectivity index is 1.60. The minimum atomic E-state index is -0.267. The monoisotopic (exact) mass is 283 g/mol. The molecule has 110 valence electrons. The Morgan fingerprint density at radius 2 is 2.05 bits per heavy atom. The molecule has 0 spiro atoms. The molecule has 2 heterocycles. The molecule has 0 saturated carbocycles. The quantitative estimate of drug-likeness (QED) is 0.916. The largest absolute Gasteiger partial charge is 0.493 e. The summed E-state index contributed by atoms with van der Waals surface area (Å²) in [7, 11) is 0. The highest BCUT2D eigenvalue weighted by atomic mass is 16.5. The number of ether oxygens (including phenoxy) is 1. The van der Waals surface area contributed by atoms with Crippen molar-refractivity contribution in [2.24, 2.45) is 0 Å². The van der Waals surface area contributed by atoms with E-state index in [0.717, 1.165) is 50.1 Å². The smallest absolute Gasteiger partial charge is 0.122 e. The third-order valence-electron chi connectivity index (χ3n) is 4.79. The molecule has 1 aromatic carbocycles. The highest BCUT2D eigenvalue weighted by molar-refractivity contribution is 5.38. The molecule has 1 aliphatic carbocycles. The van der Waals surface area contributed by atoms with E-state index in [4.69, 9.17) is 4.74 Å². The van der Waals surface area contributed by atoms with Gasteiger partial charge in [0.15, 0.2) is 0 Å². The van der Waals surface area contributed by atoms with Crippen molar-refractivity contribution in [1.29, 1.82) is 0 Å². The third-order valence-corrected chi connectivity index (χ3v) is 4.79. The molecule has 0 bridgehead atoms. The van der Waals surface area contributed by atoms with E-state index in [9.17, 15) is 5.11 Å². The zero-order valence-electron chi connectivity index (χ0n) is 12.2. The maximum Gasteiger partial charge on any atom is 0.122 e. The first-order chi connectivity index (χ1) is 10.3. The summed E-state index contributed by atoms with van der Waals surface area (Å²) in [6.07, 6.45) is 8.27. The number of fused-ring (bicyclic) bond motifs is 2. The lowest BCUT2D eigenvalue weighted by Crippen LogP contribution is -2.18. The molecule has 3 heteroatoms. The average molecular weight is 283 g/mol. The maximum absolute atomic E-state index is 10.1. The van der Waals surface area contributed by atoms with Gasteiger partial charge in [-0.15, -0.1) is 0 Å². The van der Waals surface area contributed by atoms with Crippen molar-refractivity contribution in [3.8, 4) is 5.75 Å². The van der Waals surface area contributed by atoms with Gasteiger partial charge >= 0.3 is 0 Å². The van der Waals surface area contributed by atoms with Crippen LogP contribution in [-0.2, 0) is 13.0 Å². The third kappa shape index (κ3) is 2.36. The van der Waals surface area contributed by atoms with Gasteiger partial charge in [0.25, 0.3) is 0 Å². The Hall–Kier alpha value is -1.74. The second-order valence-corrected chi connectivity index (χ2v) is 6.22. The van der Waals surface area contributed by atoms with Crippen LogP contribution in [0.4, 0.5) is 0 Å². The minimum absolute atomic E-state index is 0.267. The first-order valence-electron chi connectivity index (χ1n) is 7.89. The van der Waals surface area contributed by atoms with Crippen molar-refractivity contribution >= 4 is 0 Å². The van der Waals surface area contributed by atoms with Crippen LogP contribution >= 0.6 is 0 Å². The van der Waals surface area contributed by atoms with Gasteiger partial charge in [0.2, 0.25) is 0 Å². The first-order valence-corrected chi connectivity index (χ1v) is 7.89. The van der Waals surface area contributed by atoms with Crippen LogP contribution in [0.2, 0.25) is 0 Å². The molecule has 3 nitrogen and oxygen atoms in total. The van der Waals surface area contributed by atoms with E-state index in [-0.39, 0.29) is 6.10 Å². The predicted molar refractivity (Wildman–Crippen MR) is 81.6 cm³/mol. The Kier molecular flexibility index (Phi) is 3.23. The number of para-hydroxylation sites is 1. The normalized spacial score (nSPS) is 24.0. The van der Waals surface area contributed by atoms with Crippen LogP contribution in [0.25, 0.3) is 0 Å². The summed E-state index contributed by atoms with van der Waals surface area (Å²) in [6.45, 7) is 1.77. The zero-order valence-corrected chi connectivity index (χ0v) is 12.2. The molecule has 0 amide bonds. The summed E-state index contributed by atoms with van der Waals surface area (Å²) in [5, 5.41) is 10.1. The lowest BCUT2D eigenvalue weighted by Gasteiger charge is -2.26. The topological polar surface area (TPSA) is 34.4 Å². The Bertz CT molecular complexity index is 646. The van der Waals surface area contributed by atoms with Gasteiger partial charge in [0.05, 0.1) is 12.7 Å². The number of rotatable bonds is 2. The van der Waals surface area contributed by atoms with Gasteiger partial charge in [-0.2, -0.15) is 0 Å². The van der Waals surface area contributed by atoms with E-state index in [1.807, 2.05) is 6.07 Å². The van der Waals surface area contributed by atoms with Gasteiger partial charge in [0.1, 0.15) is 5.75 Å². The van der Waals surface area contributed by atoms with Crippen molar-refractivity contribution in [1.82, 2.24) is 4.57 Å². The summed E-state index contributed by atoms with van der Waals surface area (Å²) in [6, 6.07) is 8.36. The molecule has 2 unspecified atom stereocenters. The lowest BCUT2D eigenvalue weighted by atomic mass is 9.93. The standard InChI is InChI=1S/C18H21NO2/c20-17-6-3-4-13-10-19(12-16(13)17)11-14-8-9-21-18-7-2-1-5-15(14)18/h1-2,5,7,10,12,14,17,20H,3-4,6,8-9,11H2.